The predicted molar refractivity (Wildman–Crippen MR) is 47.5 cm³/mol. The minimum Gasteiger partial charge on any atom is -0.286 e. The van der Waals surface area contributed by atoms with Crippen molar-refractivity contribution >= 4 is 17.2 Å². The van der Waals surface area contributed by atoms with Crippen molar-refractivity contribution in [1.82, 2.24) is 10.4 Å². The lowest BCUT2D eigenvalue weighted by molar-refractivity contribution is -0.0860. The van der Waals surface area contributed by atoms with E-state index in [9.17, 15) is 5.21 Å². The van der Waals surface area contributed by atoms with Gasteiger partial charge in [-0.05, 0) is 27.7 Å². The molecule has 0 aliphatic carbocycles. The summed E-state index contributed by atoms with van der Waals surface area (Å²) in [4.78, 5) is 0.544. The van der Waals surface area contributed by atoms with Crippen LogP contribution in [0.1, 0.15) is 27.7 Å². The number of hydrogen-bond donors (Lipinski definition) is 2. The molecule has 1 heterocycles. The van der Waals surface area contributed by atoms with Gasteiger partial charge >= 0.3 is 0 Å². The second-order valence-electron chi connectivity index (χ2n) is 3.93. The number of rotatable bonds is 0. The smallest absolute Gasteiger partial charge is 0.125 e. The van der Waals surface area contributed by atoms with E-state index in [1.165, 1.54) is 0 Å². The molecule has 0 amide bonds. The zero-order chi connectivity index (χ0) is 8.86. The summed E-state index contributed by atoms with van der Waals surface area (Å²) in [5, 5.41) is 13.8. The lowest BCUT2D eigenvalue weighted by Crippen LogP contribution is -2.47. The molecule has 0 atom stereocenters. The van der Waals surface area contributed by atoms with Gasteiger partial charge in [-0.3, -0.25) is 10.5 Å². The zero-order valence-electron chi connectivity index (χ0n) is 7.30. The molecule has 0 radical (unpaired) electrons. The first-order valence-electron chi connectivity index (χ1n) is 3.60. The quantitative estimate of drug-likeness (QED) is 0.540. The highest BCUT2D eigenvalue weighted by Crippen LogP contribution is 2.26. The van der Waals surface area contributed by atoms with Crippen molar-refractivity contribution in [2.75, 3.05) is 0 Å². The van der Waals surface area contributed by atoms with Crippen LogP contribution in [0.25, 0.3) is 0 Å². The summed E-state index contributed by atoms with van der Waals surface area (Å²) in [6, 6.07) is 0. The molecule has 0 aromatic heterocycles. The lowest BCUT2D eigenvalue weighted by Gasteiger charge is -2.25. The van der Waals surface area contributed by atoms with E-state index in [4.69, 9.17) is 12.2 Å². The molecule has 0 aromatic rings. The third-order valence-electron chi connectivity index (χ3n) is 1.87. The summed E-state index contributed by atoms with van der Waals surface area (Å²) in [5.74, 6) is 0. The molecular weight excluding hydrogens is 160 g/mol. The first-order chi connectivity index (χ1) is 4.77. The van der Waals surface area contributed by atoms with Crippen LogP contribution in [0.4, 0.5) is 0 Å². The standard InChI is InChI=1S/C7H14N2OS/c1-6(2)5(11)9(10)7(3,4)8-6/h8,10H,1-4H3. The highest BCUT2D eigenvalue weighted by atomic mass is 32.1. The number of thiocarbonyl (C=S) groups is 1. The van der Waals surface area contributed by atoms with Gasteiger partial charge in [0.15, 0.2) is 0 Å². The third kappa shape index (κ3) is 1.26. The van der Waals surface area contributed by atoms with E-state index in [2.05, 4.69) is 5.32 Å². The number of nitrogens with zero attached hydrogens (tertiary/aromatic N) is 1. The third-order valence-corrected chi connectivity index (χ3v) is 2.56. The summed E-state index contributed by atoms with van der Waals surface area (Å²) < 4.78 is 0. The summed E-state index contributed by atoms with van der Waals surface area (Å²) in [6.07, 6.45) is 0. The Morgan fingerprint density at radius 2 is 1.82 bits per heavy atom. The lowest BCUT2D eigenvalue weighted by atomic mass is 10.1. The van der Waals surface area contributed by atoms with Crippen LogP contribution < -0.4 is 5.32 Å². The first-order valence-corrected chi connectivity index (χ1v) is 4.01. The summed E-state index contributed by atoms with van der Waals surface area (Å²) in [5.41, 5.74) is -0.728. The topological polar surface area (TPSA) is 35.5 Å². The fourth-order valence-electron chi connectivity index (χ4n) is 1.39. The van der Waals surface area contributed by atoms with Crippen molar-refractivity contribution < 1.29 is 5.21 Å². The molecule has 0 saturated carbocycles. The summed E-state index contributed by atoms with van der Waals surface area (Å²) in [7, 11) is 0. The van der Waals surface area contributed by atoms with Crippen molar-refractivity contribution in [3.05, 3.63) is 0 Å². The van der Waals surface area contributed by atoms with Gasteiger partial charge in [-0.1, -0.05) is 12.2 Å². The van der Waals surface area contributed by atoms with E-state index < -0.39 is 5.66 Å². The molecule has 3 nitrogen and oxygen atoms in total. The van der Waals surface area contributed by atoms with E-state index in [-0.39, 0.29) is 5.54 Å². The average molecular weight is 174 g/mol. The van der Waals surface area contributed by atoms with Gasteiger partial charge in [-0.15, -0.1) is 0 Å². The highest BCUT2D eigenvalue weighted by molar-refractivity contribution is 7.80. The molecular formula is C7H14N2OS. The van der Waals surface area contributed by atoms with Gasteiger partial charge < -0.3 is 0 Å². The Morgan fingerprint density at radius 3 is 1.91 bits per heavy atom. The van der Waals surface area contributed by atoms with Gasteiger partial charge in [0, 0.05) is 0 Å². The molecule has 0 spiro atoms. The predicted octanol–water partition coefficient (Wildman–Crippen LogP) is 1.12. The van der Waals surface area contributed by atoms with Crippen LogP contribution in [-0.4, -0.2) is 26.5 Å². The normalized spacial score (nSPS) is 27.7. The molecule has 11 heavy (non-hydrogen) atoms. The van der Waals surface area contributed by atoms with Gasteiger partial charge in [-0.2, -0.15) is 0 Å². The Hall–Kier alpha value is -0.190. The van der Waals surface area contributed by atoms with Crippen LogP contribution in [0.2, 0.25) is 0 Å². The molecule has 1 saturated heterocycles. The SMILES string of the molecule is CC1(C)NC(C)(C)N(O)C1=S. The van der Waals surface area contributed by atoms with Crippen LogP contribution >= 0.6 is 12.2 Å². The highest BCUT2D eigenvalue weighted by Gasteiger charge is 2.46. The summed E-state index contributed by atoms with van der Waals surface area (Å²) >= 11 is 5.04. The average Bonchev–Trinajstić information content (AvgIpc) is 1.91. The molecule has 1 aliphatic heterocycles. The molecule has 1 fully saturated rings. The molecule has 0 unspecified atom stereocenters. The minimum atomic E-state index is -0.444. The van der Waals surface area contributed by atoms with Crippen molar-refractivity contribution in [2.45, 2.75) is 38.9 Å². The van der Waals surface area contributed by atoms with Gasteiger partial charge in [-0.25, -0.2) is 5.06 Å². The van der Waals surface area contributed by atoms with E-state index in [0.29, 0.717) is 4.99 Å². The molecule has 1 aliphatic rings. The maximum absolute atomic E-state index is 9.49. The van der Waals surface area contributed by atoms with Crippen molar-refractivity contribution in [3.8, 4) is 0 Å². The first kappa shape index (κ1) is 8.90. The van der Waals surface area contributed by atoms with Crippen molar-refractivity contribution in [2.24, 2.45) is 0 Å². The van der Waals surface area contributed by atoms with Gasteiger partial charge in [0.25, 0.3) is 0 Å². The molecule has 0 aromatic carbocycles. The monoisotopic (exact) mass is 174 g/mol. The Kier molecular flexibility index (Phi) is 1.74. The molecule has 2 N–H and O–H groups in total. The molecule has 4 heteroatoms. The van der Waals surface area contributed by atoms with Gasteiger partial charge in [0.2, 0.25) is 0 Å². The van der Waals surface area contributed by atoms with E-state index in [1.54, 1.807) is 0 Å². The number of hydroxylamine groups is 2. The summed E-state index contributed by atoms with van der Waals surface area (Å²) in [6.45, 7) is 7.67. The van der Waals surface area contributed by atoms with Crippen LogP contribution in [0, 0.1) is 0 Å². The van der Waals surface area contributed by atoms with E-state index >= 15 is 0 Å². The maximum atomic E-state index is 9.49. The van der Waals surface area contributed by atoms with Gasteiger partial charge in [0.1, 0.15) is 10.7 Å². The number of hydrogen-bond acceptors (Lipinski definition) is 3. The minimum absolute atomic E-state index is 0.284. The van der Waals surface area contributed by atoms with Gasteiger partial charge in [0.05, 0.1) is 5.54 Å². The largest absolute Gasteiger partial charge is 0.286 e. The Bertz CT molecular complexity index is 201. The van der Waals surface area contributed by atoms with Crippen molar-refractivity contribution in [1.29, 1.82) is 0 Å². The van der Waals surface area contributed by atoms with Crippen LogP contribution in [0.15, 0.2) is 0 Å². The zero-order valence-corrected chi connectivity index (χ0v) is 8.12. The maximum Gasteiger partial charge on any atom is 0.125 e. The van der Waals surface area contributed by atoms with E-state index in [1.807, 2.05) is 27.7 Å². The number of nitrogens with one attached hydrogen (secondary N) is 1. The van der Waals surface area contributed by atoms with E-state index in [0.717, 1.165) is 5.06 Å². The Balaban J connectivity index is 2.96. The van der Waals surface area contributed by atoms with Crippen molar-refractivity contribution in [3.63, 3.8) is 0 Å². The fraction of sp³-hybridized carbons (Fsp3) is 0.857. The molecule has 0 bridgehead atoms. The van der Waals surface area contributed by atoms with Crippen LogP contribution in [-0.2, 0) is 0 Å². The Morgan fingerprint density at radius 1 is 1.36 bits per heavy atom. The Labute approximate surface area is 72.3 Å². The molecule has 64 valence electrons. The second-order valence-corrected chi connectivity index (χ2v) is 4.31. The van der Waals surface area contributed by atoms with Crippen LogP contribution in [0.5, 0.6) is 0 Å². The second kappa shape index (κ2) is 2.15. The molecule has 1 rings (SSSR count). The van der Waals surface area contributed by atoms with Crippen LogP contribution in [0.3, 0.4) is 0 Å². The fourth-order valence-corrected chi connectivity index (χ4v) is 1.67.